The highest BCUT2D eigenvalue weighted by Gasteiger charge is 2.14. The fraction of sp³-hybridized carbons (Fsp3) is 0.154. The molecule has 0 fully saturated rings. The lowest BCUT2D eigenvalue weighted by Crippen LogP contribution is -2.07. The highest BCUT2D eigenvalue weighted by molar-refractivity contribution is 6.00. The van der Waals surface area contributed by atoms with E-state index >= 15 is 0 Å². The maximum Gasteiger partial charge on any atom is 0.348 e. The first-order chi connectivity index (χ1) is 8.99. The van der Waals surface area contributed by atoms with E-state index in [9.17, 15) is 14.7 Å². The highest BCUT2D eigenvalue weighted by atomic mass is 16.5. The maximum atomic E-state index is 11.4. The molecule has 2 N–H and O–H groups in total. The average molecular weight is 261 g/mol. The predicted molar refractivity (Wildman–Crippen MR) is 65.3 cm³/mol. The van der Waals surface area contributed by atoms with Crippen LogP contribution in [0.3, 0.4) is 0 Å². The van der Waals surface area contributed by atoms with Gasteiger partial charge in [0.15, 0.2) is 0 Å². The third-order valence-corrected chi connectivity index (χ3v) is 2.18. The van der Waals surface area contributed by atoms with Crippen LogP contribution in [0.1, 0.15) is 22.8 Å². The fourth-order valence-corrected chi connectivity index (χ4v) is 1.36. The maximum absolute atomic E-state index is 11.4. The second-order valence-corrected chi connectivity index (χ2v) is 3.47. The molecule has 6 heteroatoms. The highest BCUT2D eigenvalue weighted by Crippen LogP contribution is 2.19. The summed E-state index contributed by atoms with van der Waals surface area (Å²) in [5.41, 5.74) is -0.387. The lowest BCUT2D eigenvalue weighted by Gasteiger charge is -2.03. The molecule has 0 aliphatic carbocycles. The van der Waals surface area contributed by atoms with Crippen molar-refractivity contribution in [1.82, 2.24) is 0 Å². The summed E-state index contributed by atoms with van der Waals surface area (Å²) in [6.45, 7) is 1.70. The van der Waals surface area contributed by atoms with Gasteiger partial charge in [-0.3, -0.25) is 0 Å². The summed E-state index contributed by atoms with van der Waals surface area (Å²) in [6.07, 6.45) is 1.11. The van der Waals surface area contributed by atoms with E-state index in [0.29, 0.717) is 0 Å². The number of aromatic carboxylic acids is 1. The Kier molecular flexibility index (Phi) is 4.66. The predicted octanol–water partition coefficient (Wildman–Crippen LogP) is 1.56. The number of aromatic hydroxyl groups is 1. The van der Waals surface area contributed by atoms with Crippen LogP contribution in [0, 0.1) is 11.3 Å². The molecule has 0 bridgehead atoms. The number of phenolic OH excluding ortho intramolecular Hbond substituents is 1. The Balaban J connectivity index is 3.26. The van der Waals surface area contributed by atoms with E-state index < -0.39 is 11.9 Å². The number of esters is 1. The van der Waals surface area contributed by atoms with Crippen molar-refractivity contribution in [1.29, 1.82) is 5.26 Å². The summed E-state index contributed by atoms with van der Waals surface area (Å²) in [4.78, 5) is 22.4. The van der Waals surface area contributed by atoms with Crippen molar-refractivity contribution in [2.45, 2.75) is 6.92 Å². The Morgan fingerprint density at radius 1 is 1.47 bits per heavy atom. The van der Waals surface area contributed by atoms with Crippen LogP contribution in [0.2, 0.25) is 0 Å². The molecule has 19 heavy (non-hydrogen) atoms. The topological polar surface area (TPSA) is 108 Å². The third-order valence-electron chi connectivity index (χ3n) is 2.18. The van der Waals surface area contributed by atoms with Gasteiger partial charge >= 0.3 is 11.9 Å². The summed E-state index contributed by atoms with van der Waals surface area (Å²) in [6, 6.07) is 5.25. The molecule has 0 saturated carbocycles. The second kappa shape index (κ2) is 6.21. The number of ether oxygens (including phenoxy) is 1. The van der Waals surface area contributed by atoms with E-state index in [1.165, 1.54) is 12.1 Å². The van der Waals surface area contributed by atoms with E-state index in [1.54, 1.807) is 13.0 Å². The van der Waals surface area contributed by atoms with Crippen LogP contribution in [-0.2, 0) is 9.53 Å². The molecule has 0 atom stereocenters. The minimum Gasteiger partial charge on any atom is -0.508 e. The second-order valence-electron chi connectivity index (χ2n) is 3.47. The summed E-state index contributed by atoms with van der Waals surface area (Å²) < 4.78 is 4.66. The molecule has 0 spiro atoms. The lowest BCUT2D eigenvalue weighted by molar-refractivity contribution is -0.137. The molecule has 0 radical (unpaired) electrons. The van der Waals surface area contributed by atoms with Gasteiger partial charge in [0.25, 0.3) is 0 Å². The van der Waals surface area contributed by atoms with E-state index in [1.807, 2.05) is 0 Å². The van der Waals surface area contributed by atoms with Gasteiger partial charge in [-0.05, 0) is 30.7 Å². The summed E-state index contributed by atoms with van der Waals surface area (Å²) in [5, 5.41) is 27.1. The fourth-order valence-electron chi connectivity index (χ4n) is 1.36. The number of carboxylic acids is 1. The number of hydrogen-bond donors (Lipinski definition) is 2. The molecule has 1 aromatic rings. The van der Waals surface area contributed by atoms with E-state index in [4.69, 9.17) is 10.4 Å². The SMILES string of the molecule is CCOC(=O)C(C#N)=Cc1ccc(O)cc1C(=O)O. The van der Waals surface area contributed by atoms with Crippen LogP contribution in [-0.4, -0.2) is 28.8 Å². The summed E-state index contributed by atoms with van der Waals surface area (Å²) >= 11 is 0. The zero-order chi connectivity index (χ0) is 14.4. The molecular weight excluding hydrogens is 250 g/mol. The smallest absolute Gasteiger partial charge is 0.348 e. The zero-order valence-corrected chi connectivity index (χ0v) is 10.1. The van der Waals surface area contributed by atoms with Crippen LogP contribution in [0.15, 0.2) is 23.8 Å². The number of rotatable bonds is 4. The van der Waals surface area contributed by atoms with Gasteiger partial charge in [-0.25, -0.2) is 9.59 Å². The minimum absolute atomic E-state index is 0.110. The van der Waals surface area contributed by atoms with Crippen molar-refractivity contribution in [3.8, 4) is 11.8 Å². The van der Waals surface area contributed by atoms with Crippen LogP contribution >= 0.6 is 0 Å². The lowest BCUT2D eigenvalue weighted by atomic mass is 10.0. The van der Waals surface area contributed by atoms with Gasteiger partial charge in [0.1, 0.15) is 17.4 Å². The van der Waals surface area contributed by atoms with Crippen LogP contribution in [0.5, 0.6) is 5.75 Å². The largest absolute Gasteiger partial charge is 0.508 e. The number of carbonyl (C=O) groups excluding carboxylic acids is 1. The van der Waals surface area contributed by atoms with Gasteiger partial charge in [0.2, 0.25) is 0 Å². The molecule has 0 aliphatic heterocycles. The van der Waals surface area contributed by atoms with E-state index in [0.717, 1.165) is 12.1 Å². The van der Waals surface area contributed by atoms with Crippen molar-refractivity contribution in [3.63, 3.8) is 0 Å². The van der Waals surface area contributed by atoms with Crippen molar-refractivity contribution < 1.29 is 24.5 Å². The minimum atomic E-state index is -1.27. The van der Waals surface area contributed by atoms with Gasteiger partial charge in [-0.2, -0.15) is 5.26 Å². The van der Waals surface area contributed by atoms with Gasteiger partial charge in [0, 0.05) is 0 Å². The van der Waals surface area contributed by atoms with Crippen molar-refractivity contribution >= 4 is 18.0 Å². The molecule has 1 aromatic carbocycles. The average Bonchev–Trinajstić information content (AvgIpc) is 2.37. The molecule has 0 amide bonds. The Bertz CT molecular complexity index is 583. The molecule has 6 nitrogen and oxygen atoms in total. The van der Waals surface area contributed by atoms with E-state index in [2.05, 4.69) is 4.74 Å². The van der Waals surface area contributed by atoms with E-state index in [-0.39, 0.29) is 29.1 Å². The number of hydrogen-bond acceptors (Lipinski definition) is 5. The van der Waals surface area contributed by atoms with Crippen molar-refractivity contribution in [2.24, 2.45) is 0 Å². The first kappa shape index (κ1) is 14.3. The van der Waals surface area contributed by atoms with Crippen molar-refractivity contribution in [3.05, 3.63) is 34.9 Å². The molecule has 0 heterocycles. The first-order valence-electron chi connectivity index (χ1n) is 5.34. The number of phenols is 1. The van der Waals surface area contributed by atoms with Crippen LogP contribution < -0.4 is 0 Å². The molecule has 0 aromatic heterocycles. The Morgan fingerprint density at radius 2 is 2.16 bits per heavy atom. The molecule has 98 valence electrons. The quantitative estimate of drug-likeness (QED) is 0.483. The number of benzene rings is 1. The number of carboxylic acid groups (broad SMARTS) is 1. The third kappa shape index (κ3) is 3.57. The zero-order valence-electron chi connectivity index (χ0n) is 10.1. The van der Waals surface area contributed by atoms with Gasteiger partial charge in [-0.1, -0.05) is 6.07 Å². The standard InChI is InChI=1S/C13H11NO5/c1-2-19-13(18)9(7-14)5-8-3-4-10(15)6-11(8)12(16)17/h3-6,15H,2H2,1H3,(H,16,17). The summed E-state index contributed by atoms with van der Waals surface area (Å²) in [7, 11) is 0. The Hall–Kier alpha value is -2.81. The number of nitrogens with zero attached hydrogens (tertiary/aromatic N) is 1. The molecule has 0 unspecified atom stereocenters. The van der Waals surface area contributed by atoms with Gasteiger partial charge in [0.05, 0.1) is 12.2 Å². The van der Waals surface area contributed by atoms with Crippen molar-refractivity contribution in [2.75, 3.05) is 6.61 Å². The molecular formula is C13H11NO5. The molecule has 0 aliphatic rings. The number of nitriles is 1. The first-order valence-corrected chi connectivity index (χ1v) is 5.34. The Labute approximate surface area is 109 Å². The normalized spacial score (nSPS) is 10.6. The monoisotopic (exact) mass is 261 g/mol. The molecule has 0 saturated heterocycles. The summed E-state index contributed by atoms with van der Waals surface area (Å²) in [5.74, 6) is -2.32. The van der Waals surface area contributed by atoms with Crippen LogP contribution in [0.4, 0.5) is 0 Å². The van der Waals surface area contributed by atoms with Crippen LogP contribution in [0.25, 0.3) is 6.08 Å². The molecule has 1 rings (SSSR count). The Morgan fingerprint density at radius 3 is 2.68 bits per heavy atom. The van der Waals surface area contributed by atoms with Gasteiger partial charge in [-0.15, -0.1) is 0 Å². The van der Waals surface area contributed by atoms with Gasteiger partial charge < -0.3 is 14.9 Å². The number of carbonyl (C=O) groups is 2.